The van der Waals surface area contributed by atoms with E-state index in [9.17, 15) is 4.39 Å². The molecule has 0 aliphatic heterocycles. The summed E-state index contributed by atoms with van der Waals surface area (Å²) < 4.78 is 12.9. The Morgan fingerprint density at radius 1 is 1.36 bits per heavy atom. The van der Waals surface area contributed by atoms with E-state index in [1.807, 2.05) is 26.0 Å². The van der Waals surface area contributed by atoms with E-state index in [-0.39, 0.29) is 5.83 Å². The van der Waals surface area contributed by atoms with Crippen LogP contribution in [0, 0.1) is 0 Å². The highest BCUT2D eigenvalue weighted by Gasteiger charge is 1.90. The Kier molecular flexibility index (Phi) is 5.44. The number of halogens is 1. The molecule has 62 valence electrons. The molecule has 0 bridgehead atoms. The van der Waals surface area contributed by atoms with Crippen molar-refractivity contribution in [1.82, 2.24) is 0 Å². The fourth-order valence-electron chi connectivity index (χ4n) is 0.682. The zero-order valence-electron chi connectivity index (χ0n) is 7.39. The van der Waals surface area contributed by atoms with Gasteiger partial charge in [0.25, 0.3) is 0 Å². The number of hydrogen-bond donors (Lipinski definition) is 0. The minimum atomic E-state index is -0.148. The first-order valence-electron chi connectivity index (χ1n) is 3.88. The SMILES string of the molecule is C\C=C/C(C)=C(F)\C=C\CC. The Morgan fingerprint density at radius 3 is 2.45 bits per heavy atom. The monoisotopic (exact) mass is 154 g/mol. The summed E-state index contributed by atoms with van der Waals surface area (Å²) in [6, 6.07) is 0. The van der Waals surface area contributed by atoms with Crippen LogP contribution in [0.4, 0.5) is 4.39 Å². The van der Waals surface area contributed by atoms with Crippen LogP contribution < -0.4 is 0 Å². The van der Waals surface area contributed by atoms with Crippen molar-refractivity contribution in [3.05, 3.63) is 35.7 Å². The van der Waals surface area contributed by atoms with E-state index in [0.29, 0.717) is 5.57 Å². The van der Waals surface area contributed by atoms with Gasteiger partial charge in [-0.2, -0.15) is 0 Å². The molecule has 0 saturated carbocycles. The first kappa shape index (κ1) is 10.2. The van der Waals surface area contributed by atoms with Crippen molar-refractivity contribution in [2.45, 2.75) is 27.2 Å². The lowest BCUT2D eigenvalue weighted by Gasteiger charge is -1.91. The van der Waals surface area contributed by atoms with Crippen molar-refractivity contribution in [3.8, 4) is 0 Å². The maximum Gasteiger partial charge on any atom is 0.125 e. The maximum absolute atomic E-state index is 12.9. The van der Waals surface area contributed by atoms with Crippen molar-refractivity contribution in [2.75, 3.05) is 0 Å². The fourth-order valence-corrected chi connectivity index (χ4v) is 0.682. The van der Waals surface area contributed by atoms with Crippen LogP contribution in [0.3, 0.4) is 0 Å². The molecule has 0 saturated heterocycles. The van der Waals surface area contributed by atoms with Gasteiger partial charge in [0.15, 0.2) is 0 Å². The Balaban J connectivity index is 4.27. The predicted octanol–water partition coefficient (Wildman–Crippen LogP) is 3.77. The molecule has 0 aliphatic rings. The van der Waals surface area contributed by atoms with Crippen LogP contribution in [0.15, 0.2) is 35.7 Å². The van der Waals surface area contributed by atoms with Crippen LogP contribution in [0.2, 0.25) is 0 Å². The molecule has 0 aliphatic carbocycles. The largest absolute Gasteiger partial charge is 0.207 e. The Morgan fingerprint density at radius 2 is 2.00 bits per heavy atom. The lowest BCUT2D eigenvalue weighted by Crippen LogP contribution is -1.73. The summed E-state index contributed by atoms with van der Waals surface area (Å²) in [4.78, 5) is 0. The molecule has 0 nitrogen and oxygen atoms in total. The summed E-state index contributed by atoms with van der Waals surface area (Å²) in [5.74, 6) is -0.148. The summed E-state index contributed by atoms with van der Waals surface area (Å²) in [5.41, 5.74) is 0.678. The second-order valence-corrected chi connectivity index (χ2v) is 2.34. The van der Waals surface area contributed by atoms with E-state index in [1.54, 1.807) is 13.0 Å². The maximum atomic E-state index is 12.9. The fraction of sp³-hybridized carbons (Fsp3) is 0.400. The molecule has 11 heavy (non-hydrogen) atoms. The Hall–Kier alpha value is -0.850. The van der Waals surface area contributed by atoms with Crippen molar-refractivity contribution in [2.24, 2.45) is 0 Å². The van der Waals surface area contributed by atoms with E-state index in [0.717, 1.165) is 6.42 Å². The average molecular weight is 154 g/mol. The normalized spacial score (nSPS) is 14.5. The highest BCUT2D eigenvalue weighted by atomic mass is 19.1. The van der Waals surface area contributed by atoms with Crippen molar-refractivity contribution in [3.63, 3.8) is 0 Å². The molecule has 0 radical (unpaired) electrons. The molecule has 0 rings (SSSR count). The summed E-state index contributed by atoms with van der Waals surface area (Å²) >= 11 is 0. The van der Waals surface area contributed by atoms with Gasteiger partial charge in [0, 0.05) is 0 Å². The molecule has 0 spiro atoms. The molecular formula is C10H15F. The molecule has 1 heteroatoms. The van der Waals surface area contributed by atoms with Gasteiger partial charge in [0.1, 0.15) is 5.83 Å². The van der Waals surface area contributed by atoms with Crippen molar-refractivity contribution < 1.29 is 4.39 Å². The minimum Gasteiger partial charge on any atom is -0.207 e. The summed E-state index contributed by atoms with van der Waals surface area (Å²) in [6.07, 6.45) is 7.78. The second kappa shape index (κ2) is 5.90. The van der Waals surface area contributed by atoms with Crippen molar-refractivity contribution in [1.29, 1.82) is 0 Å². The van der Waals surface area contributed by atoms with Crippen LogP contribution in [-0.2, 0) is 0 Å². The summed E-state index contributed by atoms with van der Waals surface area (Å²) in [7, 11) is 0. The molecule has 0 N–H and O–H groups in total. The smallest absolute Gasteiger partial charge is 0.125 e. The quantitative estimate of drug-likeness (QED) is 0.543. The highest BCUT2D eigenvalue weighted by molar-refractivity contribution is 5.26. The van der Waals surface area contributed by atoms with Crippen LogP contribution in [-0.4, -0.2) is 0 Å². The molecule has 0 atom stereocenters. The van der Waals surface area contributed by atoms with Gasteiger partial charge >= 0.3 is 0 Å². The highest BCUT2D eigenvalue weighted by Crippen LogP contribution is 2.08. The average Bonchev–Trinajstić information content (AvgIpc) is 2.00. The van der Waals surface area contributed by atoms with Gasteiger partial charge in [-0.1, -0.05) is 25.2 Å². The number of rotatable bonds is 3. The topological polar surface area (TPSA) is 0 Å². The molecule has 0 aromatic rings. The van der Waals surface area contributed by atoms with Crippen LogP contribution >= 0.6 is 0 Å². The van der Waals surface area contributed by atoms with Crippen molar-refractivity contribution >= 4 is 0 Å². The van der Waals surface area contributed by atoms with Gasteiger partial charge in [0.2, 0.25) is 0 Å². The third-order valence-corrected chi connectivity index (χ3v) is 1.29. The summed E-state index contributed by atoms with van der Waals surface area (Å²) in [6.45, 7) is 5.62. The van der Waals surface area contributed by atoms with Gasteiger partial charge < -0.3 is 0 Å². The zero-order valence-corrected chi connectivity index (χ0v) is 7.39. The first-order chi connectivity index (χ1) is 5.22. The van der Waals surface area contributed by atoms with Crippen LogP contribution in [0.25, 0.3) is 0 Å². The second-order valence-electron chi connectivity index (χ2n) is 2.34. The van der Waals surface area contributed by atoms with Crippen LogP contribution in [0.1, 0.15) is 27.2 Å². The summed E-state index contributed by atoms with van der Waals surface area (Å²) in [5, 5.41) is 0. The van der Waals surface area contributed by atoms with E-state index in [4.69, 9.17) is 0 Å². The molecule has 0 heterocycles. The Bertz CT molecular complexity index is 185. The lowest BCUT2D eigenvalue weighted by atomic mass is 10.2. The molecule has 0 aromatic heterocycles. The van der Waals surface area contributed by atoms with Gasteiger partial charge in [-0.05, 0) is 31.9 Å². The Labute approximate surface area is 68.1 Å². The van der Waals surface area contributed by atoms with E-state index in [1.165, 1.54) is 6.08 Å². The molecular weight excluding hydrogens is 139 g/mol. The standard InChI is InChI=1S/C10H15F/c1-4-6-8-10(11)9(3)7-5-2/h5-8H,4H2,1-3H3/b7-5-,8-6+,10-9+. The zero-order chi connectivity index (χ0) is 8.69. The first-order valence-corrected chi connectivity index (χ1v) is 3.88. The third kappa shape index (κ3) is 4.54. The van der Waals surface area contributed by atoms with Gasteiger partial charge in [-0.3, -0.25) is 0 Å². The van der Waals surface area contributed by atoms with E-state index >= 15 is 0 Å². The minimum absolute atomic E-state index is 0.148. The van der Waals surface area contributed by atoms with Crippen LogP contribution in [0.5, 0.6) is 0 Å². The van der Waals surface area contributed by atoms with Gasteiger partial charge in [-0.25, -0.2) is 4.39 Å². The lowest BCUT2D eigenvalue weighted by molar-refractivity contribution is 0.657. The van der Waals surface area contributed by atoms with Gasteiger partial charge in [0.05, 0.1) is 0 Å². The number of allylic oxidation sites excluding steroid dienone is 6. The third-order valence-electron chi connectivity index (χ3n) is 1.29. The molecule has 0 aromatic carbocycles. The molecule has 0 fully saturated rings. The number of hydrogen-bond acceptors (Lipinski definition) is 0. The van der Waals surface area contributed by atoms with E-state index in [2.05, 4.69) is 0 Å². The molecule has 0 amide bonds. The van der Waals surface area contributed by atoms with Gasteiger partial charge in [-0.15, -0.1) is 0 Å². The predicted molar refractivity (Wildman–Crippen MR) is 48.1 cm³/mol. The van der Waals surface area contributed by atoms with E-state index < -0.39 is 0 Å². The molecule has 0 unspecified atom stereocenters.